The molecule has 0 aliphatic rings. The summed E-state index contributed by atoms with van der Waals surface area (Å²) < 4.78 is 10.3. The summed E-state index contributed by atoms with van der Waals surface area (Å²) in [6.45, 7) is 0.264. The lowest BCUT2D eigenvalue weighted by molar-refractivity contribution is -0.121. The molecule has 0 fully saturated rings. The minimum Gasteiger partial charge on any atom is -0.461 e. The van der Waals surface area contributed by atoms with Gasteiger partial charge in [0.25, 0.3) is 0 Å². The van der Waals surface area contributed by atoms with Crippen LogP contribution in [0.1, 0.15) is 18.1 Å². The summed E-state index contributed by atoms with van der Waals surface area (Å²) in [7, 11) is 0. The smallest absolute Gasteiger partial charge is 0.238 e. The predicted molar refractivity (Wildman–Crippen MR) is 94.0 cm³/mol. The average Bonchev–Trinajstić information content (AvgIpc) is 3.47. The molecule has 1 aromatic carbocycles. The molecule has 0 saturated carbocycles. The highest BCUT2D eigenvalue weighted by molar-refractivity contribution is 5.75. The van der Waals surface area contributed by atoms with Crippen LogP contribution in [0.4, 0.5) is 0 Å². The highest BCUT2D eigenvalue weighted by Gasteiger charge is 2.13. The van der Waals surface area contributed by atoms with Gasteiger partial charge < -0.3 is 14.3 Å². The molecule has 0 radical (unpaired) electrons. The van der Waals surface area contributed by atoms with E-state index in [2.05, 4.69) is 30.6 Å². The Morgan fingerprint density at radius 1 is 1.07 bits per heavy atom. The minimum absolute atomic E-state index is 0.148. The molecule has 3 aromatic heterocycles. The number of amides is 1. The molecule has 1 amide bonds. The van der Waals surface area contributed by atoms with Gasteiger partial charge in [0.05, 0.1) is 12.8 Å². The number of hydrogen-bond acceptors (Lipinski definition) is 7. The molecule has 0 atom stereocenters. The maximum atomic E-state index is 12.0. The van der Waals surface area contributed by atoms with E-state index >= 15 is 0 Å². The number of H-pyrrole nitrogens is 1. The van der Waals surface area contributed by atoms with Crippen molar-refractivity contribution in [1.29, 1.82) is 0 Å². The zero-order valence-corrected chi connectivity index (χ0v) is 14.3. The first-order chi connectivity index (χ1) is 13.3. The number of nitrogens with one attached hydrogen (secondary N) is 2. The largest absolute Gasteiger partial charge is 0.461 e. The van der Waals surface area contributed by atoms with Crippen molar-refractivity contribution in [2.24, 2.45) is 0 Å². The van der Waals surface area contributed by atoms with E-state index in [-0.39, 0.29) is 18.9 Å². The van der Waals surface area contributed by atoms with Crippen LogP contribution >= 0.6 is 0 Å². The number of nitrogens with zero attached hydrogens (tertiary/aromatic N) is 4. The van der Waals surface area contributed by atoms with Crippen LogP contribution in [0.5, 0.6) is 0 Å². The first kappa shape index (κ1) is 16.7. The zero-order chi connectivity index (χ0) is 18.5. The molecule has 0 aliphatic carbocycles. The Balaban J connectivity index is 1.26. The van der Waals surface area contributed by atoms with Gasteiger partial charge in [0.1, 0.15) is 5.82 Å². The number of carbonyl (C=O) groups excluding carboxylic acids is 1. The topological polar surface area (TPSA) is 123 Å². The molecule has 2 N–H and O–H groups in total. The fraction of sp³-hybridized carbons (Fsp3) is 0.167. The molecule has 0 unspecified atom stereocenters. The summed E-state index contributed by atoms with van der Waals surface area (Å²) in [6.07, 6.45) is 2.09. The summed E-state index contributed by atoms with van der Waals surface area (Å²) in [5, 5.41) is 13.6. The second kappa shape index (κ2) is 7.65. The summed E-state index contributed by atoms with van der Waals surface area (Å²) in [5.74, 6) is 2.30. The number of aromatic amines is 1. The highest BCUT2D eigenvalue weighted by atomic mass is 16.5. The van der Waals surface area contributed by atoms with Crippen molar-refractivity contribution in [2.45, 2.75) is 19.4 Å². The first-order valence-electron chi connectivity index (χ1n) is 8.38. The van der Waals surface area contributed by atoms with E-state index in [1.54, 1.807) is 12.1 Å². The van der Waals surface area contributed by atoms with Crippen LogP contribution in [0.2, 0.25) is 0 Å². The molecule has 9 nitrogen and oxygen atoms in total. The highest BCUT2D eigenvalue weighted by Crippen LogP contribution is 2.16. The van der Waals surface area contributed by atoms with E-state index in [0.29, 0.717) is 35.5 Å². The van der Waals surface area contributed by atoms with E-state index in [0.717, 1.165) is 5.56 Å². The van der Waals surface area contributed by atoms with E-state index in [4.69, 9.17) is 8.94 Å². The molecular weight excluding hydrogens is 348 g/mol. The molecule has 4 rings (SSSR count). The second-order valence-corrected chi connectivity index (χ2v) is 5.74. The van der Waals surface area contributed by atoms with Gasteiger partial charge in [-0.25, -0.2) is 4.98 Å². The molecule has 3 heterocycles. The first-order valence-corrected chi connectivity index (χ1v) is 8.38. The number of benzene rings is 1. The van der Waals surface area contributed by atoms with Crippen LogP contribution in [0.3, 0.4) is 0 Å². The molecule has 0 bridgehead atoms. The van der Waals surface area contributed by atoms with E-state index < -0.39 is 0 Å². The Hall–Kier alpha value is -3.75. The summed E-state index contributed by atoms with van der Waals surface area (Å²) in [5.41, 5.74) is 0.912. The van der Waals surface area contributed by atoms with Gasteiger partial charge in [0, 0.05) is 18.4 Å². The molecule has 9 heteroatoms. The van der Waals surface area contributed by atoms with Gasteiger partial charge in [-0.3, -0.25) is 9.89 Å². The number of aromatic nitrogens is 5. The fourth-order valence-corrected chi connectivity index (χ4v) is 2.44. The summed E-state index contributed by atoms with van der Waals surface area (Å²) >= 11 is 0. The molecule has 136 valence electrons. The molecule has 0 aliphatic heterocycles. The standard InChI is InChI=1S/C18H16N6O3/c25-15(8-9-16-21-18(24-27-16)13-7-4-10-26-13)19-11-14-20-17(23-22-14)12-5-2-1-3-6-12/h1-7,10H,8-9,11H2,(H,19,25)(H,20,22,23). The molecular formula is C18H16N6O3. The summed E-state index contributed by atoms with van der Waals surface area (Å²) in [6, 6.07) is 13.1. The van der Waals surface area contributed by atoms with Crippen LogP contribution in [0.15, 0.2) is 57.7 Å². The summed E-state index contributed by atoms with van der Waals surface area (Å²) in [4.78, 5) is 20.6. The number of hydrogen-bond donors (Lipinski definition) is 2. The monoisotopic (exact) mass is 364 g/mol. The lowest BCUT2D eigenvalue weighted by atomic mass is 10.2. The van der Waals surface area contributed by atoms with Gasteiger partial charge in [0.15, 0.2) is 11.6 Å². The van der Waals surface area contributed by atoms with Gasteiger partial charge in [-0.2, -0.15) is 10.1 Å². The van der Waals surface area contributed by atoms with Crippen molar-refractivity contribution >= 4 is 5.91 Å². The van der Waals surface area contributed by atoms with Gasteiger partial charge >= 0.3 is 0 Å². The predicted octanol–water partition coefficient (Wildman–Crippen LogP) is 2.36. The van der Waals surface area contributed by atoms with Crippen LogP contribution in [-0.2, 0) is 17.8 Å². The van der Waals surface area contributed by atoms with Crippen molar-refractivity contribution < 1.29 is 13.7 Å². The number of furan rings is 1. The van der Waals surface area contributed by atoms with Crippen molar-refractivity contribution in [3.05, 3.63) is 60.4 Å². The Kier molecular flexibility index (Phi) is 4.73. The number of aryl methyl sites for hydroxylation is 1. The van der Waals surface area contributed by atoms with Crippen molar-refractivity contribution in [1.82, 2.24) is 30.6 Å². The fourth-order valence-electron chi connectivity index (χ4n) is 2.44. The Bertz CT molecular complexity index is 1010. The number of rotatable bonds is 7. The third-order valence-electron chi connectivity index (χ3n) is 3.79. The molecule has 4 aromatic rings. The number of carbonyl (C=O) groups is 1. The van der Waals surface area contributed by atoms with Crippen molar-refractivity contribution in [3.8, 4) is 23.0 Å². The van der Waals surface area contributed by atoms with Gasteiger partial charge in [0.2, 0.25) is 17.6 Å². The maximum Gasteiger partial charge on any atom is 0.238 e. The van der Waals surface area contributed by atoms with Gasteiger partial charge in [-0.15, -0.1) is 0 Å². The van der Waals surface area contributed by atoms with E-state index in [1.807, 2.05) is 30.3 Å². The van der Waals surface area contributed by atoms with Crippen LogP contribution in [-0.4, -0.2) is 31.2 Å². The van der Waals surface area contributed by atoms with Crippen molar-refractivity contribution in [3.63, 3.8) is 0 Å². The van der Waals surface area contributed by atoms with Crippen molar-refractivity contribution in [2.75, 3.05) is 0 Å². The SMILES string of the molecule is O=C(CCc1nc(-c2ccco2)no1)NCc1nc(-c2ccccc2)n[nH]1. The molecule has 0 spiro atoms. The van der Waals surface area contributed by atoms with Crippen LogP contribution < -0.4 is 5.32 Å². The molecule has 27 heavy (non-hydrogen) atoms. The van der Waals surface area contributed by atoms with Gasteiger partial charge in [-0.1, -0.05) is 35.5 Å². The third-order valence-corrected chi connectivity index (χ3v) is 3.79. The van der Waals surface area contributed by atoms with Crippen LogP contribution in [0, 0.1) is 0 Å². The Labute approximate surface area is 153 Å². The Morgan fingerprint density at radius 3 is 2.78 bits per heavy atom. The quantitative estimate of drug-likeness (QED) is 0.516. The van der Waals surface area contributed by atoms with E-state index in [1.165, 1.54) is 6.26 Å². The zero-order valence-electron chi connectivity index (χ0n) is 14.3. The lowest BCUT2D eigenvalue weighted by Gasteiger charge is -2.00. The molecule has 0 saturated heterocycles. The van der Waals surface area contributed by atoms with Crippen LogP contribution in [0.25, 0.3) is 23.0 Å². The average molecular weight is 364 g/mol. The second-order valence-electron chi connectivity index (χ2n) is 5.74. The van der Waals surface area contributed by atoms with Gasteiger partial charge in [-0.05, 0) is 12.1 Å². The van der Waals surface area contributed by atoms with E-state index in [9.17, 15) is 4.79 Å². The third kappa shape index (κ3) is 4.09. The normalized spacial score (nSPS) is 10.8. The minimum atomic E-state index is -0.148. The maximum absolute atomic E-state index is 12.0. The lowest BCUT2D eigenvalue weighted by Crippen LogP contribution is -2.23. The Morgan fingerprint density at radius 2 is 1.96 bits per heavy atom.